The van der Waals surface area contributed by atoms with E-state index in [9.17, 15) is 14.4 Å². The number of anilines is 2. The van der Waals surface area contributed by atoms with Gasteiger partial charge in [0.25, 0.3) is 5.91 Å². The fourth-order valence-electron chi connectivity index (χ4n) is 2.09. The zero-order valence-corrected chi connectivity index (χ0v) is 13.4. The van der Waals surface area contributed by atoms with Crippen LogP contribution in [0.1, 0.15) is 34.8 Å². The molecule has 0 unspecified atom stereocenters. The molecule has 0 radical (unpaired) electrons. The third kappa shape index (κ3) is 3.75. The van der Waals surface area contributed by atoms with Gasteiger partial charge in [0, 0.05) is 12.6 Å². The lowest BCUT2D eigenvalue weighted by Gasteiger charge is -2.19. The molecule has 2 aromatic rings. The molecule has 0 aliphatic rings. The summed E-state index contributed by atoms with van der Waals surface area (Å²) >= 11 is 0. The van der Waals surface area contributed by atoms with Crippen molar-refractivity contribution in [1.82, 2.24) is 4.98 Å². The lowest BCUT2D eigenvalue weighted by Crippen LogP contribution is -2.36. The van der Waals surface area contributed by atoms with E-state index in [0.717, 1.165) is 4.90 Å². The number of nitrogens with zero attached hydrogens (tertiary/aromatic N) is 2. The Morgan fingerprint density at radius 2 is 1.79 bits per heavy atom. The second-order valence-corrected chi connectivity index (χ2v) is 4.88. The van der Waals surface area contributed by atoms with Crippen molar-refractivity contribution in [3.05, 3.63) is 53.9 Å². The van der Waals surface area contributed by atoms with Crippen LogP contribution in [-0.4, -0.2) is 29.4 Å². The minimum atomic E-state index is -0.653. The zero-order chi connectivity index (χ0) is 17.7. The number of esters is 1. The Bertz CT molecular complexity index is 789. The van der Waals surface area contributed by atoms with Crippen LogP contribution >= 0.6 is 0 Å². The molecule has 0 fully saturated rings. The van der Waals surface area contributed by atoms with E-state index in [1.807, 2.05) is 0 Å². The highest BCUT2D eigenvalue weighted by Gasteiger charge is 2.24. The van der Waals surface area contributed by atoms with E-state index < -0.39 is 17.8 Å². The summed E-state index contributed by atoms with van der Waals surface area (Å²) in [4.78, 5) is 41.3. The Morgan fingerprint density at radius 3 is 2.42 bits per heavy atom. The number of carbonyl (C=O) groups excluding carboxylic acids is 3. The van der Waals surface area contributed by atoms with Gasteiger partial charge in [-0.25, -0.2) is 14.7 Å². The van der Waals surface area contributed by atoms with Gasteiger partial charge in [-0.2, -0.15) is 0 Å². The van der Waals surface area contributed by atoms with E-state index in [0.29, 0.717) is 11.4 Å². The van der Waals surface area contributed by atoms with Gasteiger partial charge in [-0.1, -0.05) is 12.1 Å². The average Bonchev–Trinajstić information content (AvgIpc) is 2.55. The maximum absolute atomic E-state index is 12.7. The molecule has 7 heteroatoms. The number of nitrogen functional groups attached to an aromatic ring is 1. The van der Waals surface area contributed by atoms with Crippen molar-refractivity contribution in [2.24, 2.45) is 0 Å². The van der Waals surface area contributed by atoms with Gasteiger partial charge >= 0.3 is 5.97 Å². The fraction of sp³-hybridized carbons (Fsp3) is 0.176. The standard InChI is InChI=1S/C17H17N3O4/c1-3-24-17(23)15-9-5-8-14(19-15)16(22)20(11(2)21)13-7-4-6-12(18)10-13/h4-10H,3,18H2,1-2H3. The second-order valence-electron chi connectivity index (χ2n) is 4.88. The molecule has 2 rings (SSSR count). The fourth-order valence-corrected chi connectivity index (χ4v) is 2.09. The van der Waals surface area contributed by atoms with Crippen LogP contribution in [0.15, 0.2) is 42.5 Å². The minimum absolute atomic E-state index is 0.00113. The van der Waals surface area contributed by atoms with Crippen LogP contribution in [-0.2, 0) is 9.53 Å². The molecule has 0 aliphatic heterocycles. The van der Waals surface area contributed by atoms with Gasteiger partial charge in [-0.15, -0.1) is 0 Å². The van der Waals surface area contributed by atoms with Crippen molar-refractivity contribution in [2.45, 2.75) is 13.8 Å². The molecule has 7 nitrogen and oxygen atoms in total. The van der Waals surface area contributed by atoms with Crippen LogP contribution in [0.4, 0.5) is 11.4 Å². The van der Waals surface area contributed by atoms with E-state index in [-0.39, 0.29) is 18.0 Å². The minimum Gasteiger partial charge on any atom is -0.461 e. The van der Waals surface area contributed by atoms with Crippen molar-refractivity contribution in [2.75, 3.05) is 17.2 Å². The highest BCUT2D eigenvalue weighted by molar-refractivity contribution is 6.20. The molecular formula is C17H17N3O4. The molecule has 0 bridgehead atoms. The molecule has 0 spiro atoms. The molecular weight excluding hydrogens is 310 g/mol. The summed E-state index contributed by atoms with van der Waals surface area (Å²) in [5.74, 6) is -1.78. The molecule has 2 N–H and O–H groups in total. The van der Waals surface area contributed by atoms with Gasteiger partial charge in [0.15, 0.2) is 0 Å². The summed E-state index contributed by atoms with van der Waals surface area (Å²) in [5.41, 5.74) is 6.41. The van der Waals surface area contributed by atoms with Crippen LogP contribution in [0.25, 0.3) is 0 Å². The molecule has 24 heavy (non-hydrogen) atoms. The number of pyridine rings is 1. The molecule has 0 saturated carbocycles. The van der Waals surface area contributed by atoms with Crippen molar-refractivity contribution < 1.29 is 19.1 Å². The SMILES string of the molecule is CCOC(=O)c1cccc(C(=O)N(C(C)=O)c2cccc(N)c2)n1. The van der Waals surface area contributed by atoms with Crippen molar-refractivity contribution in [3.8, 4) is 0 Å². The molecule has 1 aromatic carbocycles. The highest BCUT2D eigenvalue weighted by Crippen LogP contribution is 2.20. The van der Waals surface area contributed by atoms with E-state index >= 15 is 0 Å². The number of hydrogen-bond acceptors (Lipinski definition) is 6. The average molecular weight is 327 g/mol. The quantitative estimate of drug-likeness (QED) is 0.681. The Morgan fingerprint density at radius 1 is 1.12 bits per heavy atom. The van der Waals surface area contributed by atoms with Gasteiger partial charge in [0.1, 0.15) is 11.4 Å². The summed E-state index contributed by atoms with van der Waals surface area (Å²) in [6, 6.07) is 10.7. The Labute approximate surface area is 139 Å². The first-order chi connectivity index (χ1) is 11.4. The van der Waals surface area contributed by atoms with Crippen molar-refractivity contribution in [3.63, 3.8) is 0 Å². The highest BCUT2D eigenvalue weighted by atomic mass is 16.5. The van der Waals surface area contributed by atoms with E-state index in [4.69, 9.17) is 10.5 Å². The summed E-state index contributed by atoms with van der Waals surface area (Å²) in [5, 5.41) is 0. The third-order valence-electron chi connectivity index (χ3n) is 3.10. The summed E-state index contributed by atoms with van der Waals surface area (Å²) in [6.07, 6.45) is 0. The summed E-state index contributed by atoms with van der Waals surface area (Å²) in [7, 11) is 0. The maximum atomic E-state index is 12.7. The Kier molecular flexibility index (Phi) is 5.26. The second kappa shape index (κ2) is 7.36. The first-order valence-corrected chi connectivity index (χ1v) is 7.28. The predicted octanol–water partition coefficient (Wildman–Crippen LogP) is 2.03. The van der Waals surface area contributed by atoms with Crippen LogP contribution in [0.3, 0.4) is 0 Å². The number of amides is 2. The van der Waals surface area contributed by atoms with Gasteiger partial charge in [0.05, 0.1) is 12.3 Å². The van der Waals surface area contributed by atoms with Crippen molar-refractivity contribution in [1.29, 1.82) is 0 Å². The molecule has 0 saturated heterocycles. The largest absolute Gasteiger partial charge is 0.461 e. The van der Waals surface area contributed by atoms with Gasteiger partial charge < -0.3 is 10.5 Å². The molecule has 1 heterocycles. The maximum Gasteiger partial charge on any atom is 0.356 e. The van der Waals surface area contributed by atoms with Crippen LogP contribution < -0.4 is 10.6 Å². The summed E-state index contributed by atoms with van der Waals surface area (Å²) in [6.45, 7) is 3.13. The van der Waals surface area contributed by atoms with Gasteiger partial charge in [-0.05, 0) is 37.3 Å². The monoisotopic (exact) mass is 327 g/mol. The first kappa shape index (κ1) is 17.1. The lowest BCUT2D eigenvalue weighted by molar-refractivity contribution is -0.115. The molecule has 1 aromatic heterocycles. The van der Waals surface area contributed by atoms with Crippen molar-refractivity contribution >= 4 is 29.2 Å². The molecule has 0 atom stereocenters. The number of ether oxygens (including phenoxy) is 1. The topological polar surface area (TPSA) is 103 Å². The number of rotatable bonds is 4. The van der Waals surface area contributed by atoms with E-state index in [1.54, 1.807) is 25.1 Å². The van der Waals surface area contributed by atoms with Crippen LogP contribution in [0, 0.1) is 0 Å². The zero-order valence-electron chi connectivity index (χ0n) is 13.4. The molecule has 0 aliphatic carbocycles. The molecule has 124 valence electrons. The number of benzene rings is 1. The van der Waals surface area contributed by atoms with E-state index in [2.05, 4.69) is 4.98 Å². The summed E-state index contributed by atoms with van der Waals surface area (Å²) < 4.78 is 4.86. The molecule has 2 amide bonds. The van der Waals surface area contributed by atoms with Crippen LogP contribution in [0.2, 0.25) is 0 Å². The van der Waals surface area contributed by atoms with E-state index in [1.165, 1.54) is 31.2 Å². The number of hydrogen-bond donors (Lipinski definition) is 1. The van der Waals surface area contributed by atoms with Gasteiger partial charge in [0.2, 0.25) is 5.91 Å². The number of aromatic nitrogens is 1. The number of carbonyl (C=O) groups is 3. The number of nitrogens with two attached hydrogens (primary N) is 1. The van der Waals surface area contributed by atoms with Crippen LogP contribution in [0.5, 0.6) is 0 Å². The number of imide groups is 1. The third-order valence-corrected chi connectivity index (χ3v) is 3.10. The normalized spacial score (nSPS) is 10.1. The predicted molar refractivity (Wildman–Crippen MR) is 88.5 cm³/mol. The van der Waals surface area contributed by atoms with Gasteiger partial charge in [-0.3, -0.25) is 9.59 Å². The lowest BCUT2D eigenvalue weighted by atomic mass is 10.2. The first-order valence-electron chi connectivity index (χ1n) is 7.28. The smallest absolute Gasteiger partial charge is 0.356 e. The Balaban J connectivity index is 2.39. The Hall–Kier alpha value is -3.22.